The number of imidazole rings is 1. The molecule has 0 amide bonds. The normalized spacial score (nSPS) is 20.2. The van der Waals surface area contributed by atoms with Crippen molar-refractivity contribution in [2.24, 2.45) is 11.8 Å². The molecule has 2 N–H and O–H groups in total. The van der Waals surface area contributed by atoms with E-state index in [0.29, 0.717) is 49.6 Å². The zero-order chi connectivity index (χ0) is 21.0. The zero-order valence-corrected chi connectivity index (χ0v) is 17.2. The van der Waals surface area contributed by atoms with E-state index in [1.54, 1.807) is 0 Å². The molecule has 7 nitrogen and oxygen atoms in total. The molecule has 158 valence electrons. The summed E-state index contributed by atoms with van der Waals surface area (Å²) < 4.78 is 14.2. The Bertz CT molecular complexity index is 1080. The van der Waals surface area contributed by atoms with E-state index in [2.05, 4.69) is 43.8 Å². The molecule has 0 radical (unpaired) electrons. The lowest BCUT2D eigenvalue weighted by molar-refractivity contribution is 0.0840. The molecule has 3 atom stereocenters. The Kier molecular flexibility index (Phi) is 5.60. The van der Waals surface area contributed by atoms with Gasteiger partial charge in [0.15, 0.2) is 11.5 Å². The molecule has 0 bridgehead atoms. The van der Waals surface area contributed by atoms with Gasteiger partial charge in [0.2, 0.25) is 0 Å². The molecule has 7 heteroatoms. The number of benzene rings is 2. The monoisotopic (exact) mass is 415 g/mol. The smallest absolute Gasteiger partial charge is 0.165 e. The summed E-state index contributed by atoms with van der Waals surface area (Å²) in [7, 11) is 0. The fourth-order valence-electron chi connectivity index (χ4n) is 4.14. The van der Waals surface area contributed by atoms with Gasteiger partial charge in [-0.1, -0.05) is 60.7 Å². The van der Waals surface area contributed by atoms with Crippen LogP contribution >= 0.6 is 0 Å². The highest BCUT2D eigenvalue weighted by Crippen LogP contribution is 2.51. The Balaban J connectivity index is 1.27. The number of aromatic nitrogens is 4. The zero-order valence-electron chi connectivity index (χ0n) is 17.2. The number of rotatable bonds is 9. The molecule has 0 saturated heterocycles. The highest BCUT2D eigenvalue weighted by Gasteiger charge is 2.52. The summed E-state index contributed by atoms with van der Waals surface area (Å²) in [4.78, 5) is 12.9. The van der Waals surface area contributed by atoms with Gasteiger partial charge < -0.3 is 19.8 Å². The van der Waals surface area contributed by atoms with Crippen molar-refractivity contribution in [3.05, 3.63) is 84.4 Å². The van der Waals surface area contributed by atoms with Crippen LogP contribution in [-0.2, 0) is 22.7 Å². The van der Waals surface area contributed by atoms with Crippen LogP contribution in [0.5, 0.6) is 0 Å². The van der Waals surface area contributed by atoms with Gasteiger partial charge in [-0.2, -0.15) is 0 Å². The molecule has 1 aliphatic carbocycles. The van der Waals surface area contributed by atoms with Gasteiger partial charge in [-0.3, -0.25) is 0 Å². The molecule has 2 heterocycles. The van der Waals surface area contributed by atoms with Gasteiger partial charge in [-0.15, -0.1) is 0 Å². The van der Waals surface area contributed by atoms with Crippen LogP contribution in [0, 0.1) is 11.8 Å². The van der Waals surface area contributed by atoms with Gasteiger partial charge in [0.25, 0.3) is 0 Å². The summed E-state index contributed by atoms with van der Waals surface area (Å²) in [6.07, 6.45) is 3.29. The van der Waals surface area contributed by atoms with E-state index in [9.17, 15) is 0 Å². The Morgan fingerprint density at radius 1 is 0.774 bits per heavy atom. The highest BCUT2D eigenvalue weighted by atomic mass is 16.5. The number of hydrogen-bond donors (Lipinski definition) is 1. The molecule has 1 saturated carbocycles. The van der Waals surface area contributed by atoms with E-state index in [-0.39, 0.29) is 6.04 Å². The van der Waals surface area contributed by atoms with Crippen molar-refractivity contribution < 1.29 is 9.47 Å². The van der Waals surface area contributed by atoms with Crippen LogP contribution < -0.4 is 5.73 Å². The van der Waals surface area contributed by atoms with Crippen LogP contribution in [0.3, 0.4) is 0 Å². The fourth-order valence-corrected chi connectivity index (χ4v) is 4.14. The Labute approximate surface area is 180 Å². The number of hydrogen-bond acceptors (Lipinski definition) is 6. The maximum atomic E-state index is 6.06. The molecule has 2 aromatic heterocycles. The molecule has 0 aliphatic heterocycles. The number of nitrogens with two attached hydrogens (primary N) is 1. The molecule has 1 fully saturated rings. The average Bonchev–Trinajstić information content (AvgIpc) is 3.29. The van der Waals surface area contributed by atoms with Crippen molar-refractivity contribution in [1.82, 2.24) is 19.5 Å². The molecule has 2 aromatic carbocycles. The van der Waals surface area contributed by atoms with E-state index in [0.717, 1.165) is 5.65 Å². The van der Waals surface area contributed by atoms with Crippen LogP contribution in [-0.4, -0.2) is 32.7 Å². The van der Waals surface area contributed by atoms with Crippen molar-refractivity contribution >= 4 is 17.0 Å². The van der Waals surface area contributed by atoms with Crippen LogP contribution in [0.1, 0.15) is 17.2 Å². The maximum Gasteiger partial charge on any atom is 0.165 e. The van der Waals surface area contributed by atoms with Gasteiger partial charge in [-0.05, 0) is 11.1 Å². The van der Waals surface area contributed by atoms with E-state index < -0.39 is 0 Å². The SMILES string of the molecule is Nc1ncnc2c1ncn2C1[C@@H](COCc2ccccc2)[C@H]1COCc1ccccc1. The van der Waals surface area contributed by atoms with Crippen molar-refractivity contribution in [3.63, 3.8) is 0 Å². The minimum atomic E-state index is 0.214. The predicted molar refractivity (Wildman–Crippen MR) is 118 cm³/mol. The van der Waals surface area contributed by atoms with Gasteiger partial charge >= 0.3 is 0 Å². The second kappa shape index (κ2) is 8.83. The van der Waals surface area contributed by atoms with Gasteiger partial charge in [0.1, 0.15) is 11.8 Å². The van der Waals surface area contributed by atoms with Crippen molar-refractivity contribution in [2.75, 3.05) is 18.9 Å². The minimum Gasteiger partial charge on any atom is -0.382 e. The molecular weight excluding hydrogens is 390 g/mol. The largest absolute Gasteiger partial charge is 0.382 e. The molecule has 4 aromatic rings. The van der Waals surface area contributed by atoms with Crippen molar-refractivity contribution in [2.45, 2.75) is 19.3 Å². The second-order valence-corrected chi connectivity index (χ2v) is 7.90. The minimum absolute atomic E-state index is 0.214. The molecule has 0 spiro atoms. The first-order valence-electron chi connectivity index (χ1n) is 10.5. The molecule has 1 unspecified atom stereocenters. The summed E-state index contributed by atoms with van der Waals surface area (Å²) in [5, 5.41) is 0. The lowest BCUT2D eigenvalue weighted by atomic mass is 10.2. The number of nitrogen functional groups attached to an aromatic ring is 1. The van der Waals surface area contributed by atoms with Crippen LogP contribution in [0.4, 0.5) is 5.82 Å². The number of anilines is 1. The first-order valence-corrected chi connectivity index (χ1v) is 10.5. The van der Waals surface area contributed by atoms with Gasteiger partial charge in [0, 0.05) is 17.9 Å². The average molecular weight is 415 g/mol. The summed E-state index contributed by atoms with van der Waals surface area (Å²) >= 11 is 0. The second-order valence-electron chi connectivity index (χ2n) is 7.90. The standard InChI is InChI=1S/C24H25N5O2/c25-23-21-24(27-15-26-23)29(16-28-21)22-19(13-30-11-17-7-3-1-4-8-17)20(22)14-31-12-18-9-5-2-6-10-18/h1-10,15-16,19-20,22H,11-14H2,(H2,25,26,27)/t19-,20+,22?. The Morgan fingerprint density at radius 3 is 1.94 bits per heavy atom. The number of ether oxygens (including phenoxy) is 2. The topological polar surface area (TPSA) is 88.1 Å². The number of nitrogens with zero attached hydrogens (tertiary/aromatic N) is 4. The van der Waals surface area contributed by atoms with E-state index in [1.165, 1.54) is 17.5 Å². The van der Waals surface area contributed by atoms with E-state index in [4.69, 9.17) is 15.2 Å². The summed E-state index contributed by atoms with van der Waals surface area (Å²) in [5.74, 6) is 1.05. The number of fused-ring (bicyclic) bond motifs is 1. The third-order valence-corrected chi connectivity index (χ3v) is 5.84. The predicted octanol–water partition coefficient (Wildman–Crippen LogP) is 3.63. The quantitative estimate of drug-likeness (QED) is 0.449. The van der Waals surface area contributed by atoms with Crippen molar-refractivity contribution in [3.8, 4) is 0 Å². The van der Waals surface area contributed by atoms with Crippen LogP contribution in [0.25, 0.3) is 11.2 Å². The first kappa shape index (κ1) is 19.7. The van der Waals surface area contributed by atoms with Crippen LogP contribution in [0.15, 0.2) is 73.3 Å². The summed E-state index contributed by atoms with van der Waals surface area (Å²) in [6.45, 7) is 2.50. The first-order chi connectivity index (χ1) is 15.3. The molecule has 1 aliphatic rings. The third kappa shape index (κ3) is 4.28. The lowest BCUT2D eigenvalue weighted by Gasteiger charge is -2.05. The Morgan fingerprint density at radius 2 is 1.35 bits per heavy atom. The molecule has 5 rings (SSSR count). The van der Waals surface area contributed by atoms with Crippen molar-refractivity contribution in [1.29, 1.82) is 0 Å². The van der Waals surface area contributed by atoms with Gasteiger partial charge in [-0.25, -0.2) is 15.0 Å². The van der Waals surface area contributed by atoms with Crippen LogP contribution in [0.2, 0.25) is 0 Å². The maximum absolute atomic E-state index is 6.06. The van der Waals surface area contributed by atoms with Gasteiger partial charge in [0.05, 0.1) is 32.8 Å². The lowest BCUT2D eigenvalue weighted by Crippen LogP contribution is -2.03. The summed E-state index contributed by atoms with van der Waals surface area (Å²) in [5.41, 5.74) is 9.72. The highest BCUT2D eigenvalue weighted by molar-refractivity contribution is 5.81. The molecule has 31 heavy (non-hydrogen) atoms. The fraction of sp³-hybridized carbons (Fsp3) is 0.292. The third-order valence-electron chi connectivity index (χ3n) is 5.84. The molecular formula is C24H25N5O2. The summed E-state index contributed by atoms with van der Waals surface area (Å²) in [6, 6.07) is 20.7. The Hall–Kier alpha value is -3.29. The van der Waals surface area contributed by atoms with E-state index >= 15 is 0 Å². The van der Waals surface area contributed by atoms with E-state index in [1.807, 2.05) is 42.7 Å².